The number of aromatic nitrogens is 3. The summed E-state index contributed by atoms with van der Waals surface area (Å²) >= 11 is 3.40. The van der Waals surface area contributed by atoms with E-state index in [-0.39, 0.29) is 16.9 Å². The maximum absolute atomic E-state index is 13.7. The minimum Gasteiger partial charge on any atom is -0.390 e. The number of halogens is 1. The molecule has 4 aliphatic carbocycles. The molecule has 2 heterocycles. The Kier molecular flexibility index (Phi) is 4.11. The molecular weight excluding hydrogens is 428 g/mol. The molecule has 1 aromatic rings. The molecule has 152 valence electrons. The summed E-state index contributed by atoms with van der Waals surface area (Å²) < 4.78 is 2.14. The molecule has 6 rings (SSSR count). The summed E-state index contributed by atoms with van der Waals surface area (Å²) in [5.41, 5.74) is -0.688. The molecule has 4 bridgehead atoms. The fourth-order valence-electron chi connectivity index (χ4n) is 6.72. The van der Waals surface area contributed by atoms with Crippen LogP contribution in [0.15, 0.2) is 4.73 Å². The monoisotopic (exact) mass is 452 g/mol. The first-order valence-corrected chi connectivity index (χ1v) is 10.8. The van der Waals surface area contributed by atoms with Crippen molar-refractivity contribution in [1.82, 2.24) is 24.6 Å². The highest BCUT2D eigenvalue weighted by atomic mass is 79.9. The van der Waals surface area contributed by atoms with Crippen LogP contribution in [0.25, 0.3) is 0 Å². The van der Waals surface area contributed by atoms with Gasteiger partial charge < -0.3 is 19.9 Å². The zero-order valence-electron chi connectivity index (χ0n) is 16.0. The summed E-state index contributed by atoms with van der Waals surface area (Å²) in [6, 6.07) is 0. The van der Waals surface area contributed by atoms with Crippen LogP contribution in [0.1, 0.15) is 38.5 Å². The summed E-state index contributed by atoms with van der Waals surface area (Å²) in [4.78, 5) is 32.6. The van der Waals surface area contributed by atoms with Crippen LogP contribution in [0.5, 0.6) is 0 Å². The number of amides is 1. The van der Waals surface area contributed by atoms with Crippen molar-refractivity contribution in [1.29, 1.82) is 0 Å². The standard InChI is InChI=1S/C18H25BrN6O3/c1-22-2-4-23(5-3-22)14(26)17-7-12-6-13(8-17)10-18(9-12,11-17)24-15(19)20-16(21-24)25(27)28/h12-13H,2-11H2,1H3/t12-,13-,17?,18?/m1/s1. The summed E-state index contributed by atoms with van der Waals surface area (Å²) in [5, 5.41) is 15.4. The molecule has 1 aliphatic heterocycles. The minimum absolute atomic E-state index is 0.296. The van der Waals surface area contributed by atoms with Crippen molar-refractivity contribution in [2.45, 2.75) is 44.1 Å². The lowest BCUT2D eigenvalue weighted by atomic mass is 9.46. The number of hydrogen-bond donors (Lipinski definition) is 0. The molecule has 1 aromatic heterocycles. The molecule has 4 saturated carbocycles. The number of hydrogen-bond acceptors (Lipinski definition) is 6. The molecule has 5 aliphatic rings. The third-order valence-electron chi connectivity index (χ3n) is 7.44. The zero-order valence-corrected chi connectivity index (χ0v) is 17.6. The molecule has 1 amide bonds. The number of carbonyl (C=O) groups excluding carboxylic acids is 1. The first-order valence-electron chi connectivity index (χ1n) is 10.1. The molecule has 5 fully saturated rings. The maximum atomic E-state index is 13.7. The van der Waals surface area contributed by atoms with Crippen LogP contribution in [-0.2, 0) is 10.3 Å². The first kappa shape index (κ1) is 18.5. The molecule has 0 aromatic carbocycles. The molecule has 0 unspecified atom stereocenters. The Bertz CT molecular complexity index is 819. The van der Waals surface area contributed by atoms with Crippen molar-refractivity contribution in [2.24, 2.45) is 17.3 Å². The van der Waals surface area contributed by atoms with E-state index in [1.54, 1.807) is 4.68 Å². The Hall–Kier alpha value is -1.55. The first-order chi connectivity index (χ1) is 13.3. The van der Waals surface area contributed by atoms with Gasteiger partial charge in [-0.15, -0.1) is 0 Å². The summed E-state index contributed by atoms with van der Waals surface area (Å²) in [5.74, 6) is 0.882. The molecule has 1 saturated heterocycles. The van der Waals surface area contributed by atoms with E-state index in [0.29, 0.717) is 22.5 Å². The van der Waals surface area contributed by atoms with Crippen LogP contribution >= 0.6 is 15.9 Å². The van der Waals surface area contributed by atoms with Gasteiger partial charge in [-0.1, -0.05) is 0 Å². The van der Waals surface area contributed by atoms with Gasteiger partial charge in [0.15, 0.2) is 0 Å². The van der Waals surface area contributed by atoms with Gasteiger partial charge in [0.1, 0.15) is 0 Å². The van der Waals surface area contributed by atoms with Crippen LogP contribution in [0.3, 0.4) is 0 Å². The second kappa shape index (κ2) is 6.22. The average molecular weight is 453 g/mol. The Morgan fingerprint density at radius 1 is 1.18 bits per heavy atom. The van der Waals surface area contributed by atoms with Crippen LogP contribution < -0.4 is 0 Å². The molecule has 28 heavy (non-hydrogen) atoms. The van der Waals surface area contributed by atoms with Crippen LogP contribution in [-0.4, -0.2) is 68.6 Å². The number of nitro groups is 1. The Labute approximate surface area is 171 Å². The van der Waals surface area contributed by atoms with Gasteiger partial charge in [-0.3, -0.25) is 4.79 Å². The number of piperazine rings is 1. The molecule has 9 nitrogen and oxygen atoms in total. The minimum atomic E-state index is -0.549. The van der Waals surface area contributed by atoms with E-state index >= 15 is 0 Å². The maximum Gasteiger partial charge on any atom is 0.492 e. The molecule has 0 spiro atoms. The van der Waals surface area contributed by atoms with E-state index in [0.717, 1.165) is 64.7 Å². The van der Waals surface area contributed by atoms with Crippen LogP contribution in [0.4, 0.5) is 5.95 Å². The fourth-order valence-corrected chi connectivity index (χ4v) is 7.33. The van der Waals surface area contributed by atoms with E-state index in [9.17, 15) is 14.9 Å². The van der Waals surface area contributed by atoms with Gasteiger partial charge in [0.25, 0.3) is 4.73 Å². The lowest BCUT2D eigenvalue weighted by Gasteiger charge is -2.61. The van der Waals surface area contributed by atoms with Crippen molar-refractivity contribution in [2.75, 3.05) is 33.2 Å². The lowest BCUT2D eigenvalue weighted by Crippen LogP contribution is -2.62. The van der Waals surface area contributed by atoms with Gasteiger partial charge in [0.05, 0.1) is 11.0 Å². The Morgan fingerprint density at radius 3 is 2.39 bits per heavy atom. The van der Waals surface area contributed by atoms with Gasteiger partial charge >= 0.3 is 5.95 Å². The SMILES string of the molecule is CN1CCN(C(=O)C23C[C@H]4C[C@H](C2)CC(n2nc([N+](=O)[O-])nc2Br)(C4)C3)CC1. The summed E-state index contributed by atoms with van der Waals surface area (Å²) in [7, 11) is 2.09. The summed E-state index contributed by atoms with van der Waals surface area (Å²) in [6.07, 6.45) is 5.64. The largest absolute Gasteiger partial charge is 0.492 e. The third kappa shape index (κ3) is 2.71. The highest BCUT2D eigenvalue weighted by molar-refractivity contribution is 9.10. The fraction of sp³-hybridized carbons (Fsp3) is 0.833. The van der Waals surface area contributed by atoms with Crippen LogP contribution in [0.2, 0.25) is 0 Å². The zero-order chi connectivity index (χ0) is 19.7. The molecule has 10 heteroatoms. The Morgan fingerprint density at radius 2 is 1.82 bits per heavy atom. The molecule has 0 radical (unpaired) electrons. The molecule has 0 N–H and O–H groups in total. The van der Waals surface area contributed by atoms with Crippen molar-refractivity contribution >= 4 is 27.8 Å². The smallest absolute Gasteiger partial charge is 0.390 e. The van der Waals surface area contributed by atoms with Crippen molar-refractivity contribution < 1.29 is 9.72 Å². The van der Waals surface area contributed by atoms with E-state index in [1.165, 1.54) is 0 Å². The summed E-state index contributed by atoms with van der Waals surface area (Å²) in [6.45, 7) is 3.41. The lowest BCUT2D eigenvalue weighted by molar-refractivity contribution is -0.394. The predicted octanol–water partition coefficient (Wildman–Crippen LogP) is 2.02. The van der Waals surface area contributed by atoms with Gasteiger partial charge in [-0.2, -0.15) is 4.68 Å². The van der Waals surface area contributed by atoms with Crippen molar-refractivity contribution in [3.63, 3.8) is 0 Å². The van der Waals surface area contributed by atoms with Gasteiger partial charge in [0, 0.05) is 47.2 Å². The topological polar surface area (TPSA) is 97.4 Å². The van der Waals surface area contributed by atoms with E-state index in [4.69, 9.17) is 0 Å². The predicted molar refractivity (Wildman–Crippen MR) is 104 cm³/mol. The van der Waals surface area contributed by atoms with Gasteiger partial charge in [0.2, 0.25) is 5.91 Å². The van der Waals surface area contributed by atoms with Gasteiger partial charge in [-0.25, -0.2) is 0 Å². The molecular formula is C18H25BrN6O3. The molecule has 2 atom stereocenters. The number of rotatable bonds is 3. The number of carbonyl (C=O) groups is 1. The third-order valence-corrected chi connectivity index (χ3v) is 7.96. The average Bonchev–Trinajstić information content (AvgIpc) is 3.04. The highest BCUT2D eigenvalue weighted by Gasteiger charge is 2.63. The van der Waals surface area contributed by atoms with E-state index in [1.807, 2.05) is 0 Å². The normalized spacial score (nSPS) is 37.4. The van der Waals surface area contributed by atoms with Crippen LogP contribution in [0, 0.1) is 27.4 Å². The van der Waals surface area contributed by atoms with Crippen molar-refractivity contribution in [3.05, 3.63) is 14.8 Å². The van der Waals surface area contributed by atoms with E-state index in [2.05, 4.69) is 42.9 Å². The number of nitrogens with zero attached hydrogens (tertiary/aromatic N) is 6. The van der Waals surface area contributed by atoms with Crippen molar-refractivity contribution in [3.8, 4) is 0 Å². The quantitative estimate of drug-likeness (QED) is 0.513. The highest BCUT2D eigenvalue weighted by Crippen LogP contribution is 2.65. The number of likely N-dealkylation sites (N-methyl/N-ethyl adjacent to an activating group) is 1. The second-order valence-corrected chi connectivity index (χ2v) is 10.1. The van der Waals surface area contributed by atoms with E-state index < -0.39 is 4.92 Å². The second-order valence-electron chi connectivity index (χ2n) is 9.41. The van der Waals surface area contributed by atoms with Gasteiger partial charge in [-0.05, 0) is 67.3 Å². The Balaban J connectivity index is 1.49.